The van der Waals surface area contributed by atoms with Crippen molar-refractivity contribution in [3.63, 3.8) is 0 Å². The number of amides is 1. The van der Waals surface area contributed by atoms with E-state index in [1.165, 1.54) is 0 Å². The molecule has 4 rings (SSSR count). The quantitative estimate of drug-likeness (QED) is 0.874. The molecule has 0 radical (unpaired) electrons. The SMILES string of the molecule is Cc1csc(C2=CC(=O)N3C=C(N4CCN[C@@H](C)C4)C=C/C3=C\C=C2)n1. The number of hydrogen-bond donors (Lipinski definition) is 1. The number of nitrogens with one attached hydrogen (secondary N) is 1. The summed E-state index contributed by atoms with van der Waals surface area (Å²) in [5, 5.41) is 6.32. The van der Waals surface area contributed by atoms with Gasteiger partial charge in [-0.15, -0.1) is 11.3 Å². The number of thiazole rings is 1. The Bertz CT molecular complexity index is 874. The molecule has 0 bridgehead atoms. The Kier molecular flexibility index (Phi) is 4.61. The number of allylic oxidation sites excluding steroid dienone is 6. The topological polar surface area (TPSA) is 48.5 Å². The molecule has 0 spiro atoms. The van der Waals surface area contributed by atoms with Crippen LogP contribution < -0.4 is 5.32 Å². The van der Waals surface area contributed by atoms with Crippen LogP contribution in [0.2, 0.25) is 0 Å². The van der Waals surface area contributed by atoms with Crippen LogP contribution in [0.5, 0.6) is 0 Å². The fourth-order valence-corrected chi connectivity index (χ4v) is 4.10. The first kappa shape index (κ1) is 17.0. The summed E-state index contributed by atoms with van der Waals surface area (Å²) in [4.78, 5) is 21.5. The van der Waals surface area contributed by atoms with Crippen molar-refractivity contribution in [1.29, 1.82) is 0 Å². The summed E-state index contributed by atoms with van der Waals surface area (Å²) in [5.74, 6) is -0.0477. The van der Waals surface area contributed by atoms with Crippen molar-refractivity contribution >= 4 is 22.8 Å². The fourth-order valence-electron chi connectivity index (χ4n) is 3.30. The molecule has 26 heavy (non-hydrogen) atoms. The Morgan fingerprint density at radius 1 is 1.27 bits per heavy atom. The second-order valence-electron chi connectivity index (χ2n) is 6.74. The minimum absolute atomic E-state index is 0.0477. The highest BCUT2D eigenvalue weighted by molar-refractivity contribution is 7.10. The second kappa shape index (κ2) is 7.05. The van der Waals surface area contributed by atoms with Gasteiger partial charge in [0.25, 0.3) is 5.91 Å². The molecule has 0 aromatic carbocycles. The smallest absolute Gasteiger partial charge is 0.255 e. The van der Waals surface area contributed by atoms with Gasteiger partial charge in [0.15, 0.2) is 0 Å². The number of fused-ring (bicyclic) bond motifs is 1. The van der Waals surface area contributed by atoms with Crippen LogP contribution >= 0.6 is 11.3 Å². The van der Waals surface area contributed by atoms with E-state index in [2.05, 4.69) is 28.2 Å². The molecule has 4 heterocycles. The van der Waals surface area contributed by atoms with Gasteiger partial charge >= 0.3 is 0 Å². The number of hydrogen-bond acceptors (Lipinski definition) is 5. The van der Waals surface area contributed by atoms with Crippen molar-refractivity contribution in [2.45, 2.75) is 19.9 Å². The lowest BCUT2D eigenvalue weighted by Crippen LogP contribution is -2.48. The van der Waals surface area contributed by atoms with Crippen molar-refractivity contribution in [1.82, 2.24) is 20.1 Å². The maximum Gasteiger partial charge on any atom is 0.255 e. The average Bonchev–Trinajstić information content (AvgIpc) is 3.05. The van der Waals surface area contributed by atoms with Gasteiger partial charge in [0, 0.05) is 60.3 Å². The highest BCUT2D eigenvalue weighted by Gasteiger charge is 2.23. The molecule has 5 nitrogen and oxygen atoms in total. The Balaban J connectivity index is 1.64. The number of aromatic nitrogens is 1. The van der Waals surface area contributed by atoms with E-state index in [0.29, 0.717) is 6.04 Å². The van der Waals surface area contributed by atoms with E-state index in [0.717, 1.165) is 47.3 Å². The monoisotopic (exact) mass is 366 g/mol. The molecule has 0 unspecified atom stereocenters. The van der Waals surface area contributed by atoms with Crippen LogP contribution in [-0.2, 0) is 4.79 Å². The Labute approximate surface area is 157 Å². The van der Waals surface area contributed by atoms with Crippen molar-refractivity contribution in [2.75, 3.05) is 19.6 Å². The average molecular weight is 366 g/mol. The number of nitrogens with zero attached hydrogens (tertiary/aromatic N) is 3. The van der Waals surface area contributed by atoms with Crippen molar-refractivity contribution in [3.05, 3.63) is 70.1 Å². The van der Waals surface area contributed by atoms with Crippen LogP contribution in [-0.4, -0.2) is 46.4 Å². The highest BCUT2D eigenvalue weighted by Crippen LogP contribution is 2.26. The third kappa shape index (κ3) is 3.43. The molecule has 1 atom stereocenters. The molecule has 0 saturated carbocycles. The number of carbonyl (C=O) groups is 1. The zero-order chi connectivity index (χ0) is 18.1. The van der Waals surface area contributed by atoms with Crippen LogP contribution in [0.1, 0.15) is 17.6 Å². The highest BCUT2D eigenvalue weighted by atomic mass is 32.1. The standard InChI is InChI=1S/C20H22N4OS/c1-14-11-23(9-8-21-14)18-7-6-17-5-3-4-16(10-19(25)24(17)12-18)20-22-15(2)13-26-20/h3-7,10,12-14,21H,8-9,11H2,1-2H3/b4-3?,16-10?,17-5+/t14-/m0/s1. The first-order chi connectivity index (χ1) is 12.6. The van der Waals surface area contributed by atoms with Gasteiger partial charge in [-0.2, -0.15) is 0 Å². The lowest BCUT2D eigenvalue weighted by atomic mass is 10.1. The van der Waals surface area contributed by atoms with E-state index in [1.807, 2.05) is 42.8 Å². The van der Waals surface area contributed by atoms with Crippen molar-refractivity contribution in [2.24, 2.45) is 0 Å². The molecule has 3 aliphatic heterocycles. The van der Waals surface area contributed by atoms with E-state index < -0.39 is 0 Å². The second-order valence-corrected chi connectivity index (χ2v) is 7.60. The molecule has 1 saturated heterocycles. The van der Waals surface area contributed by atoms with E-state index >= 15 is 0 Å². The summed E-state index contributed by atoms with van der Waals surface area (Å²) in [7, 11) is 0. The van der Waals surface area contributed by atoms with Gasteiger partial charge in [0.2, 0.25) is 0 Å². The van der Waals surface area contributed by atoms with Crippen LogP contribution in [0.15, 0.2) is 59.4 Å². The van der Waals surface area contributed by atoms with E-state index in [1.54, 1.807) is 22.3 Å². The lowest BCUT2D eigenvalue weighted by molar-refractivity contribution is -0.122. The minimum Gasteiger partial charge on any atom is -0.368 e. The first-order valence-electron chi connectivity index (χ1n) is 8.84. The maximum absolute atomic E-state index is 12.9. The van der Waals surface area contributed by atoms with Gasteiger partial charge in [0.05, 0.1) is 5.70 Å². The summed E-state index contributed by atoms with van der Waals surface area (Å²) >= 11 is 1.56. The molecule has 134 valence electrons. The zero-order valence-corrected chi connectivity index (χ0v) is 15.8. The van der Waals surface area contributed by atoms with Crippen molar-refractivity contribution in [3.8, 4) is 0 Å². The summed E-state index contributed by atoms with van der Waals surface area (Å²) in [5.41, 5.74) is 3.78. The Morgan fingerprint density at radius 3 is 2.88 bits per heavy atom. The molecule has 3 aliphatic rings. The van der Waals surface area contributed by atoms with Crippen LogP contribution in [0.3, 0.4) is 0 Å². The molecule has 0 aliphatic carbocycles. The molecule has 1 N–H and O–H groups in total. The minimum atomic E-state index is -0.0477. The molecule has 1 aromatic rings. The Hall–Kier alpha value is -2.44. The van der Waals surface area contributed by atoms with Gasteiger partial charge in [-0.05, 0) is 32.1 Å². The van der Waals surface area contributed by atoms with Crippen LogP contribution in [0.4, 0.5) is 0 Å². The first-order valence-corrected chi connectivity index (χ1v) is 9.72. The van der Waals surface area contributed by atoms with Gasteiger partial charge in [-0.25, -0.2) is 4.98 Å². The number of carbonyl (C=O) groups excluding carboxylic acids is 1. The lowest BCUT2D eigenvalue weighted by Gasteiger charge is -2.36. The van der Waals surface area contributed by atoms with Crippen molar-refractivity contribution < 1.29 is 4.79 Å². The van der Waals surface area contributed by atoms with Gasteiger partial charge in [-0.1, -0.05) is 12.2 Å². The normalized spacial score (nSPS) is 25.1. The number of aryl methyl sites for hydroxylation is 1. The molecule has 1 aromatic heterocycles. The number of rotatable bonds is 2. The third-order valence-electron chi connectivity index (χ3n) is 4.62. The summed E-state index contributed by atoms with van der Waals surface area (Å²) in [6.45, 7) is 6.99. The summed E-state index contributed by atoms with van der Waals surface area (Å²) < 4.78 is 0. The molecular weight excluding hydrogens is 344 g/mol. The largest absolute Gasteiger partial charge is 0.368 e. The molecule has 1 amide bonds. The van der Waals surface area contributed by atoms with Gasteiger partial charge < -0.3 is 10.2 Å². The zero-order valence-electron chi connectivity index (χ0n) is 15.0. The van der Waals surface area contributed by atoms with E-state index in [4.69, 9.17) is 0 Å². The molecular formula is C20H22N4OS. The van der Waals surface area contributed by atoms with Crippen LogP contribution in [0.25, 0.3) is 5.57 Å². The van der Waals surface area contributed by atoms with Crippen LogP contribution in [0, 0.1) is 6.92 Å². The predicted molar refractivity (Wildman–Crippen MR) is 105 cm³/mol. The molecule has 1 fully saturated rings. The summed E-state index contributed by atoms with van der Waals surface area (Å²) in [6, 6.07) is 0.445. The third-order valence-corrected chi connectivity index (χ3v) is 5.63. The predicted octanol–water partition coefficient (Wildman–Crippen LogP) is 2.82. The Morgan fingerprint density at radius 2 is 2.12 bits per heavy atom. The van der Waals surface area contributed by atoms with Gasteiger partial charge in [0.1, 0.15) is 5.01 Å². The van der Waals surface area contributed by atoms with Gasteiger partial charge in [-0.3, -0.25) is 9.69 Å². The van der Waals surface area contributed by atoms with E-state index in [-0.39, 0.29) is 5.91 Å². The fraction of sp³-hybridized carbons (Fsp3) is 0.300. The number of piperazine rings is 1. The maximum atomic E-state index is 12.9. The summed E-state index contributed by atoms with van der Waals surface area (Å²) in [6.07, 6.45) is 13.6. The molecule has 6 heteroatoms. The van der Waals surface area contributed by atoms with E-state index in [9.17, 15) is 4.79 Å².